The highest BCUT2D eigenvalue weighted by atomic mass is 19.1. The van der Waals surface area contributed by atoms with Crippen molar-refractivity contribution in [2.75, 3.05) is 34.0 Å². The topological polar surface area (TPSA) is 91.9 Å². The van der Waals surface area contributed by atoms with E-state index in [9.17, 15) is 18.4 Å². The first kappa shape index (κ1) is 26.8. The predicted octanol–water partition coefficient (Wildman–Crippen LogP) is 4.73. The lowest BCUT2D eigenvalue weighted by atomic mass is 10.2. The number of carbonyl (C=O) groups excluding carboxylic acids is 1. The van der Waals surface area contributed by atoms with Crippen molar-refractivity contribution in [3.05, 3.63) is 71.6 Å². The molecule has 0 fully saturated rings. The zero-order chi connectivity index (χ0) is 26.2. The first-order chi connectivity index (χ1) is 17.3. The number of fused-ring (bicyclic) bond motifs is 2. The van der Waals surface area contributed by atoms with E-state index in [1.54, 1.807) is 48.5 Å². The van der Waals surface area contributed by atoms with Crippen molar-refractivity contribution in [2.24, 2.45) is 0 Å². The number of carboxylic acid groups (broad SMARTS) is 1. The number of ether oxygens (including phenoxy) is 3. The highest BCUT2D eigenvalue weighted by Crippen LogP contribution is 2.22. The summed E-state index contributed by atoms with van der Waals surface area (Å²) < 4.78 is 44.7. The summed E-state index contributed by atoms with van der Waals surface area (Å²) in [6, 6.07) is 11.8. The van der Waals surface area contributed by atoms with Crippen LogP contribution in [0.3, 0.4) is 0 Å². The molecule has 0 radical (unpaired) electrons. The van der Waals surface area contributed by atoms with E-state index in [4.69, 9.17) is 19.3 Å². The van der Waals surface area contributed by atoms with Gasteiger partial charge in [0.05, 0.1) is 19.8 Å². The summed E-state index contributed by atoms with van der Waals surface area (Å²) in [5, 5.41) is 10.3. The lowest BCUT2D eigenvalue weighted by Gasteiger charge is -2.09. The monoisotopic (exact) mass is 502 g/mol. The molecule has 0 bridgehead atoms. The van der Waals surface area contributed by atoms with Gasteiger partial charge >= 0.3 is 11.9 Å². The molecule has 192 valence electrons. The lowest BCUT2D eigenvalue weighted by Crippen LogP contribution is -2.14. The van der Waals surface area contributed by atoms with Gasteiger partial charge in [-0.15, -0.1) is 0 Å². The zero-order valence-corrected chi connectivity index (χ0v) is 20.3. The van der Waals surface area contributed by atoms with Gasteiger partial charge in [-0.1, -0.05) is 0 Å². The average Bonchev–Trinajstić information content (AvgIpc) is 3.39. The number of halogens is 2. The number of rotatable bonds is 9. The van der Waals surface area contributed by atoms with Gasteiger partial charge in [0.15, 0.2) is 0 Å². The number of benzene rings is 2. The Bertz CT molecular complexity index is 1360. The Morgan fingerprint density at radius 3 is 1.72 bits per heavy atom. The van der Waals surface area contributed by atoms with Gasteiger partial charge in [-0.25, -0.2) is 18.4 Å². The number of nitrogens with zero attached hydrogens (tertiary/aromatic N) is 2. The molecular formula is C26H28F2N2O6. The largest absolute Gasteiger partial charge is 0.477 e. The van der Waals surface area contributed by atoms with Crippen LogP contribution in [-0.4, -0.2) is 60.2 Å². The second kappa shape index (κ2) is 12.3. The minimum atomic E-state index is -1.03. The molecule has 0 saturated heterocycles. The van der Waals surface area contributed by atoms with Crippen LogP contribution in [-0.2, 0) is 27.3 Å². The Labute approximate surface area is 206 Å². The summed E-state index contributed by atoms with van der Waals surface area (Å²) in [4.78, 5) is 23.0. The van der Waals surface area contributed by atoms with E-state index in [0.717, 1.165) is 5.52 Å². The van der Waals surface area contributed by atoms with Crippen LogP contribution in [0.4, 0.5) is 8.78 Å². The maximum Gasteiger partial charge on any atom is 0.354 e. The SMILES string of the molecule is CCOC(=O)c1cc2cc(F)ccc2n1CCOC.COCCn1c(C(=O)O)cc2cc(F)ccc21. The summed E-state index contributed by atoms with van der Waals surface area (Å²) in [5.74, 6) is -2.14. The van der Waals surface area contributed by atoms with Gasteiger partial charge in [-0.2, -0.15) is 0 Å². The van der Waals surface area contributed by atoms with Crippen LogP contribution < -0.4 is 0 Å². The predicted molar refractivity (Wildman–Crippen MR) is 130 cm³/mol. The highest BCUT2D eigenvalue weighted by molar-refractivity contribution is 5.96. The van der Waals surface area contributed by atoms with Crippen LogP contribution in [0.5, 0.6) is 0 Å². The van der Waals surface area contributed by atoms with Crippen LogP contribution in [0, 0.1) is 11.6 Å². The third-order valence-corrected chi connectivity index (χ3v) is 5.47. The minimum Gasteiger partial charge on any atom is -0.477 e. The molecule has 0 atom stereocenters. The van der Waals surface area contributed by atoms with Crippen LogP contribution >= 0.6 is 0 Å². The fourth-order valence-corrected chi connectivity index (χ4v) is 3.88. The van der Waals surface area contributed by atoms with Gasteiger partial charge in [-0.05, 0) is 55.5 Å². The van der Waals surface area contributed by atoms with Crippen LogP contribution in [0.25, 0.3) is 21.8 Å². The van der Waals surface area contributed by atoms with Crippen molar-refractivity contribution in [1.82, 2.24) is 9.13 Å². The Kier molecular flexibility index (Phi) is 9.15. The molecule has 0 amide bonds. The number of hydrogen-bond donors (Lipinski definition) is 1. The first-order valence-corrected chi connectivity index (χ1v) is 11.3. The van der Waals surface area contributed by atoms with Crippen molar-refractivity contribution in [2.45, 2.75) is 20.0 Å². The first-order valence-electron chi connectivity index (χ1n) is 11.3. The molecule has 0 aliphatic heterocycles. The fourth-order valence-electron chi connectivity index (χ4n) is 3.88. The fraction of sp³-hybridized carbons (Fsp3) is 0.308. The molecular weight excluding hydrogens is 474 g/mol. The Morgan fingerprint density at radius 1 is 0.806 bits per heavy atom. The number of carboxylic acids is 1. The normalized spacial score (nSPS) is 10.9. The maximum atomic E-state index is 13.2. The molecule has 2 aromatic carbocycles. The van der Waals surface area contributed by atoms with E-state index in [-0.39, 0.29) is 17.3 Å². The van der Waals surface area contributed by atoms with Crippen molar-refractivity contribution in [3.63, 3.8) is 0 Å². The van der Waals surface area contributed by atoms with E-state index in [1.165, 1.54) is 30.3 Å². The van der Waals surface area contributed by atoms with E-state index >= 15 is 0 Å². The number of methoxy groups -OCH3 is 2. The van der Waals surface area contributed by atoms with Crippen molar-refractivity contribution >= 4 is 33.7 Å². The van der Waals surface area contributed by atoms with Gasteiger partial charge in [0.25, 0.3) is 0 Å². The Morgan fingerprint density at radius 2 is 1.28 bits per heavy atom. The van der Waals surface area contributed by atoms with Gasteiger partial charge in [0.1, 0.15) is 23.0 Å². The second-order valence-corrected chi connectivity index (χ2v) is 7.78. The highest BCUT2D eigenvalue weighted by Gasteiger charge is 2.17. The maximum absolute atomic E-state index is 13.2. The van der Waals surface area contributed by atoms with Crippen molar-refractivity contribution in [3.8, 4) is 0 Å². The summed E-state index contributed by atoms with van der Waals surface area (Å²) >= 11 is 0. The summed E-state index contributed by atoms with van der Waals surface area (Å²) in [6.45, 7) is 3.86. The number of aromatic carboxylic acids is 1. The molecule has 4 aromatic rings. The molecule has 2 heterocycles. The van der Waals surface area contributed by atoms with Crippen molar-refractivity contribution in [1.29, 1.82) is 0 Å². The molecule has 0 aliphatic carbocycles. The molecule has 0 spiro atoms. The van der Waals surface area contributed by atoms with Crippen LogP contribution in [0.15, 0.2) is 48.5 Å². The standard InChI is InChI=1S/C14H16FNO3.C12H12FNO3/c1-3-19-14(17)13-9-10-8-11(15)4-5-12(10)16(13)6-7-18-2;1-17-5-4-14-10-3-2-9(13)6-8(10)7-11(14)12(15)16/h4-5,8-9H,3,6-7H2,1-2H3;2-3,6-7H,4-5H2,1H3,(H,15,16). The van der Waals surface area contributed by atoms with Gasteiger partial charge in [0.2, 0.25) is 0 Å². The van der Waals surface area contributed by atoms with Crippen LogP contribution in [0.2, 0.25) is 0 Å². The second-order valence-electron chi connectivity index (χ2n) is 7.78. The molecule has 10 heteroatoms. The zero-order valence-electron chi connectivity index (χ0n) is 20.3. The summed E-state index contributed by atoms with van der Waals surface area (Å²) in [5.41, 5.74) is 2.05. The molecule has 4 rings (SSSR count). The molecule has 0 aliphatic rings. The molecule has 0 unspecified atom stereocenters. The summed E-state index contributed by atoms with van der Waals surface area (Å²) in [6.07, 6.45) is 0. The smallest absolute Gasteiger partial charge is 0.354 e. The van der Waals surface area contributed by atoms with Crippen LogP contribution in [0.1, 0.15) is 27.9 Å². The minimum absolute atomic E-state index is 0.141. The number of aromatic nitrogens is 2. The number of esters is 1. The third kappa shape index (κ3) is 6.07. The number of hydrogen-bond acceptors (Lipinski definition) is 5. The van der Waals surface area contributed by atoms with E-state index < -0.39 is 11.9 Å². The van der Waals surface area contributed by atoms with Crippen molar-refractivity contribution < 1.29 is 37.7 Å². The third-order valence-electron chi connectivity index (χ3n) is 5.47. The Hall–Kier alpha value is -3.76. The molecule has 8 nitrogen and oxygen atoms in total. The van der Waals surface area contributed by atoms with E-state index in [2.05, 4.69) is 0 Å². The van der Waals surface area contributed by atoms with E-state index in [0.29, 0.717) is 54.9 Å². The molecule has 1 N–H and O–H groups in total. The average molecular weight is 503 g/mol. The van der Waals surface area contributed by atoms with Gasteiger partial charge < -0.3 is 28.5 Å². The lowest BCUT2D eigenvalue weighted by molar-refractivity contribution is 0.0511. The quantitative estimate of drug-likeness (QED) is 0.333. The Balaban J connectivity index is 0.000000202. The van der Waals surface area contributed by atoms with Gasteiger partial charge in [0, 0.05) is 49.1 Å². The van der Waals surface area contributed by atoms with E-state index in [1.807, 2.05) is 0 Å². The molecule has 2 aromatic heterocycles. The van der Waals surface area contributed by atoms with Gasteiger partial charge in [-0.3, -0.25) is 0 Å². The molecule has 36 heavy (non-hydrogen) atoms. The molecule has 0 saturated carbocycles. The summed E-state index contributed by atoms with van der Waals surface area (Å²) in [7, 11) is 3.14. The number of carbonyl (C=O) groups is 2.